The molecule has 0 aromatic rings. The van der Waals surface area contributed by atoms with Gasteiger partial charge in [-0.2, -0.15) is 0 Å². The molecule has 4 aliphatic rings. The van der Waals surface area contributed by atoms with Gasteiger partial charge in [0, 0.05) is 16.7 Å². The Balaban J connectivity index is 1.85. The topological polar surface area (TPSA) is 104 Å². The molecule has 0 bridgehead atoms. The van der Waals surface area contributed by atoms with Gasteiger partial charge in [-0.15, -0.1) is 0 Å². The zero-order valence-electron chi connectivity index (χ0n) is 18.6. The Hall–Kier alpha value is -1.41. The summed E-state index contributed by atoms with van der Waals surface area (Å²) >= 11 is 0. The van der Waals surface area contributed by atoms with Gasteiger partial charge in [0.1, 0.15) is 6.61 Å². The van der Waals surface area contributed by atoms with E-state index in [4.69, 9.17) is 4.74 Å². The molecule has 0 unspecified atom stereocenters. The van der Waals surface area contributed by atoms with Gasteiger partial charge in [0.05, 0.1) is 18.3 Å². The molecular formula is C24H33FO6. The molecule has 4 rings (SSSR count). The predicted octanol–water partition coefficient (Wildman–Crippen LogP) is 2.05. The second-order valence-electron chi connectivity index (χ2n) is 10.5. The maximum absolute atomic E-state index is 17.1. The molecule has 0 radical (unpaired) electrons. The smallest absolute Gasteiger partial charge is 0.193 e. The van der Waals surface area contributed by atoms with E-state index in [2.05, 4.69) is 0 Å². The molecule has 31 heavy (non-hydrogen) atoms. The summed E-state index contributed by atoms with van der Waals surface area (Å²) in [7, 11) is 0. The number of aliphatic hydroxyl groups excluding tert-OH is 3. The predicted molar refractivity (Wildman–Crippen MR) is 111 cm³/mol. The maximum Gasteiger partial charge on any atom is 0.193 e. The van der Waals surface area contributed by atoms with Crippen LogP contribution in [0.5, 0.6) is 0 Å². The lowest BCUT2D eigenvalue weighted by atomic mass is 9.44. The van der Waals surface area contributed by atoms with Crippen molar-refractivity contribution < 1.29 is 34.0 Å². The van der Waals surface area contributed by atoms with Crippen LogP contribution < -0.4 is 0 Å². The van der Waals surface area contributed by atoms with E-state index in [1.54, 1.807) is 33.8 Å². The first-order valence-electron chi connectivity index (χ1n) is 11.2. The van der Waals surface area contributed by atoms with Crippen molar-refractivity contribution >= 4 is 11.6 Å². The molecule has 0 heterocycles. The molecule has 0 aromatic heterocycles. The molecule has 0 aromatic carbocycles. The standard InChI is InChI=1S/C24H33FO6/c1-13(2)31-24(20(30)12-26)18(28)10-17-16-6-5-14-9-15(27)7-8-21(14,3)23(16,25)19(29)11-22(17,24)4/h7-9,13,16-19,26,28-29H,5-6,10-12H2,1-4H3/t16-,17-,18+,19-,21-,22-,23-,24-/m0/s1. The molecule has 0 saturated heterocycles. The molecule has 0 spiro atoms. The fourth-order valence-electron chi connectivity index (χ4n) is 7.48. The summed E-state index contributed by atoms with van der Waals surface area (Å²) < 4.78 is 23.2. The van der Waals surface area contributed by atoms with E-state index in [9.17, 15) is 24.9 Å². The third-order valence-corrected chi connectivity index (χ3v) is 8.81. The SMILES string of the molecule is CC(C)O[C@]1(C(=O)CO)[C@H](O)C[C@H]2[C@@H]3CCC4=CC(=O)C=C[C@]4(C)[C@@]3(F)[C@@H](O)C[C@@]21C. The number of fused-ring (bicyclic) bond motifs is 5. The highest BCUT2D eigenvalue weighted by Crippen LogP contribution is 2.70. The summed E-state index contributed by atoms with van der Waals surface area (Å²) in [6, 6.07) is 0. The highest BCUT2D eigenvalue weighted by Gasteiger charge is 2.77. The number of halogens is 1. The van der Waals surface area contributed by atoms with Crippen molar-refractivity contribution in [2.75, 3.05) is 6.61 Å². The van der Waals surface area contributed by atoms with Gasteiger partial charge < -0.3 is 20.1 Å². The highest BCUT2D eigenvalue weighted by molar-refractivity contribution is 6.01. The molecule has 4 aliphatic carbocycles. The normalized spacial score (nSPS) is 48.8. The van der Waals surface area contributed by atoms with Gasteiger partial charge in [0.2, 0.25) is 0 Å². The van der Waals surface area contributed by atoms with Crippen molar-refractivity contribution in [3.05, 3.63) is 23.8 Å². The average Bonchev–Trinajstić information content (AvgIpc) is 2.90. The fraction of sp³-hybridized carbons (Fsp3) is 0.750. The van der Waals surface area contributed by atoms with Crippen LogP contribution in [-0.4, -0.2) is 63.1 Å². The van der Waals surface area contributed by atoms with Crippen molar-refractivity contribution in [1.82, 2.24) is 0 Å². The Morgan fingerprint density at radius 2 is 1.94 bits per heavy atom. The van der Waals surface area contributed by atoms with Gasteiger partial charge in [0.25, 0.3) is 0 Å². The van der Waals surface area contributed by atoms with E-state index in [1.165, 1.54) is 12.2 Å². The quantitative estimate of drug-likeness (QED) is 0.623. The van der Waals surface area contributed by atoms with E-state index in [-0.39, 0.29) is 18.6 Å². The first kappa shape index (κ1) is 22.8. The lowest BCUT2D eigenvalue weighted by molar-refractivity contribution is -0.239. The second-order valence-corrected chi connectivity index (χ2v) is 10.5. The first-order valence-corrected chi connectivity index (χ1v) is 11.2. The van der Waals surface area contributed by atoms with E-state index in [0.29, 0.717) is 18.4 Å². The van der Waals surface area contributed by atoms with Gasteiger partial charge in [-0.05, 0) is 64.5 Å². The summed E-state index contributed by atoms with van der Waals surface area (Å²) in [5, 5.41) is 32.2. The Morgan fingerprint density at radius 3 is 2.55 bits per heavy atom. The fourth-order valence-corrected chi connectivity index (χ4v) is 7.48. The van der Waals surface area contributed by atoms with Crippen LogP contribution in [0.25, 0.3) is 0 Å². The monoisotopic (exact) mass is 436 g/mol. The zero-order valence-corrected chi connectivity index (χ0v) is 18.6. The molecular weight excluding hydrogens is 403 g/mol. The number of ketones is 2. The molecule has 6 nitrogen and oxygen atoms in total. The highest BCUT2D eigenvalue weighted by atomic mass is 19.1. The van der Waals surface area contributed by atoms with Gasteiger partial charge in [-0.25, -0.2) is 4.39 Å². The number of allylic oxidation sites excluding steroid dienone is 4. The van der Waals surface area contributed by atoms with Crippen molar-refractivity contribution in [3.8, 4) is 0 Å². The van der Waals surface area contributed by atoms with Crippen LogP contribution in [0, 0.1) is 22.7 Å². The minimum absolute atomic E-state index is 0.0924. The Kier molecular flexibility index (Phi) is 5.17. The third kappa shape index (κ3) is 2.63. The van der Waals surface area contributed by atoms with Crippen molar-refractivity contribution in [2.45, 2.75) is 83.0 Å². The third-order valence-electron chi connectivity index (χ3n) is 8.81. The Morgan fingerprint density at radius 1 is 1.26 bits per heavy atom. The summed E-state index contributed by atoms with van der Waals surface area (Å²) in [6.45, 7) is 6.19. The van der Waals surface area contributed by atoms with Crippen LogP contribution in [0.15, 0.2) is 23.8 Å². The number of carbonyl (C=O) groups is 2. The van der Waals surface area contributed by atoms with Gasteiger partial charge in [0.15, 0.2) is 22.8 Å². The molecule has 8 atom stereocenters. The van der Waals surface area contributed by atoms with E-state index >= 15 is 4.39 Å². The van der Waals surface area contributed by atoms with Crippen LogP contribution in [-0.2, 0) is 14.3 Å². The number of rotatable bonds is 4. The molecule has 3 N–H and O–H groups in total. The van der Waals surface area contributed by atoms with Crippen molar-refractivity contribution in [1.29, 1.82) is 0 Å². The first-order chi connectivity index (χ1) is 14.4. The number of Topliss-reactive ketones (excluding diaryl/α,β-unsaturated/α-hetero) is 1. The second kappa shape index (κ2) is 7.04. The number of carbonyl (C=O) groups excluding carboxylic acids is 2. The van der Waals surface area contributed by atoms with Gasteiger partial charge in [-0.1, -0.05) is 18.6 Å². The molecule has 7 heteroatoms. The van der Waals surface area contributed by atoms with Crippen LogP contribution in [0.4, 0.5) is 4.39 Å². The number of hydrogen-bond donors (Lipinski definition) is 3. The maximum atomic E-state index is 17.1. The summed E-state index contributed by atoms with van der Waals surface area (Å²) in [5.74, 6) is -1.89. The minimum Gasteiger partial charge on any atom is -0.390 e. The van der Waals surface area contributed by atoms with Gasteiger partial charge >= 0.3 is 0 Å². The van der Waals surface area contributed by atoms with Crippen molar-refractivity contribution in [3.63, 3.8) is 0 Å². The zero-order chi connectivity index (χ0) is 23.0. The summed E-state index contributed by atoms with van der Waals surface area (Å²) in [5.41, 5.74) is -5.27. The summed E-state index contributed by atoms with van der Waals surface area (Å²) in [4.78, 5) is 25.0. The largest absolute Gasteiger partial charge is 0.390 e. The van der Waals surface area contributed by atoms with Crippen molar-refractivity contribution in [2.24, 2.45) is 22.7 Å². The molecule has 172 valence electrons. The van der Waals surface area contributed by atoms with E-state index in [1.807, 2.05) is 0 Å². The van der Waals surface area contributed by atoms with Crippen LogP contribution in [0.1, 0.15) is 53.4 Å². The van der Waals surface area contributed by atoms with E-state index < -0.39 is 64.6 Å². The number of hydrogen-bond acceptors (Lipinski definition) is 6. The number of alkyl halides is 1. The molecule has 0 aliphatic heterocycles. The average molecular weight is 437 g/mol. The molecule has 0 amide bonds. The lowest BCUT2D eigenvalue weighted by Crippen LogP contribution is -2.70. The number of aliphatic hydroxyl groups is 3. The molecule has 3 saturated carbocycles. The van der Waals surface area contributed by atoms with Crippen LogP contribution >= 0.6 is 0 Å². The molecule has 3 fully saturated rings. The van der Waals surface area contributed by atoms with Crippen LogP contribution in [0.3, 0.4) is 0 Å². The number of ether oxygens (including phenoxy) is 1. The van der Waals surface area contributed by atoms with E-state index in [0.717, 1.165) is 0 Å². The van der Waals surface area contributed by atoms with Gasteiger partial charge in [-0.3, -0.25) is 9.59 Å². The van der Waals surface area contributed by atoms with Crippen LogP contribution in [0.2, 0.25) is 0 Å². The minimum atomic E-state index is -2.05. The Bertz CT molecular complexity index is 866. The Labute approximate surface area is 182 Å². The lowest BCUT2D eigenvalue weighted by Gasteiger charge is -2.63. The summed E-state index contributed by atoms with van der Waals surface area (Å²) in [6.07, 6.45) is 2.30.